The number of aromatic nitrogens is 2. The Morgan fingerprint density at radius 3 is 2.48 bits per heavy atom. The molecule has 0 aliphatic carbocycles. The van der Waals surface area contributed by atoms with Gasteiger partial charge in [-0.1, -0.05) is 11.6 Å². The second kappa shape index (κ2) is 5.77. The van der Waals surface area contributed by atoms with Gasteiger partial charge in [-0.15, -0.1) is 0 Å². The predicted octanol–water partition coefficient (Wildman–Crippen LogP) is 3.38. The third-order valence-electron chi connectivity index (χ3n) is 3.88. The van der Waals surface area contributed by atoms with Crippen molar-refractivity contribution in [2.24, 2.45) is 0 Å². The lowest BCUT2D eigenvalue weighted by Gasteiger charge is -2.28. The molecule has 21 heavy (non-hydrogen) atoms. The molecule has 1 aliphatic rings. The van der Waals surface area contributed by atoms with Gasteiger partial charge in [0.2, 0.25) is 0 Å². The third kappa shape index (κ3) is 3.03. The number of halogens is 1. The molecule has 0 spiro atoms. The van der Waals surface area contributed by atoms with E-state index in [-0.39, 0.29) is 0 Å². The minimum atomic E-state index is -0.833. The van der Waals surface area contributed by atoms with Crippen LogP contribution in [0, 0.1) is 0 Å². The van der Waals surface area contributed by atoms with Gasteiger partial charge in [0, 0.05) is 30.2 Å². The standard InChI is InChI=1S/C15H16ClN3O2/c16-12-1-3-13(4-2-12)19-10-7-14(17-19)11-5-8-18(9-6-11)15(20)21/h1-4,7,10-11H,5-6,8-9H2,(H,20,21). The van der Waals surface area contributed by atoms with Crippen LogP contribution in [0.3, 0.4) is 0 Å². The van der Waals surface area contributed by atoms with Crippen molar-refractivity contribution in [3.05, 3.63) is 47.2 Å². The third-order valence-corrected chi connectivity index (χ3v) is 4.14. The van der Waals surface area contributed by atoms with Gasteiger partial charge in [-0.25, -0.2) is 9.48 Å². The van der Waals surface area contributed by atoms with E-state index in [9.17, 15) is 4.79 Å². The first kappa shape index (κ1) is 13.9. The molecule has 1 N–H and O–H groups in total. The summed E-state index contributed by atoms with van der Waals surface area (Å²) in [5.41, 5.74) is 1.99. The van der Waals surface area contributed by atoms with Crippen molar-refractivity contribution in [3.63, 3.8) is 0 Å². The summed E-state index contributed by atoms with van der Waals surface area (Å²) >= 11 is 5.88. The number of carbonyl (C=O) groups is 1. The molecule has 1 saturated heterocycles. The number of benzene rings is 1. The van der Waals surface area contributed by atoms with Crippen molar-refractivity contribution in [2.45, 2.75) is 18.8 Å². The highest BCUT2D eigenvalue weighted by Crippen LogP contribution is 2.27. The summed E-state index contributed by atoms with van der Waals surface area (Å²) in [7, 11) is 0. The van der Waals surface area contributed by atoms with Crippen LogP contribution in [0.2, 0.25) is 5.02 Å². The number of amides is 1. The molecule has 5 nitrogen and oxygen atoms in total. The van der Waals surface area contributed by atoms with E-state index in [1.54, 1.807) is 0 Å². The average molecular weight is 306 g/mol. The van der Waals surface area contributed by atoms with Gasteiger partial charge in [-0.3, -0.25) is 0 Å². The molecular formula is C15H16ClN3O2. The van der Waals surface area contributed by atoms with Crippen LogP contribution >= 0.6 is 11.6 Å². The summed E-state index contributed by atoms with van der Waals surface area (Å²) in [5.74, 6) is 0.328. The van der Waals surface area contributed by atoms with E-state index < -0.39 is 6.09 Å². The van der Waals surface area contributed by atoms with E-state index in [0.29, 0.717) is 24.0 Å². The first-order valence-electron chi connectivity index (χ1n) is 6.93. The van der Waals surface area contributed by atoms with Crippen molar-refractivity contribution in [2.75, 3.05) is 13.1 Å². The molecular weight excluding hydrogens is 290 g/mol. The van der Waals surface area contributed by atoms with Gasteiger partial charge in [0.25, 0.3) is 0 Å². The Morgan fingerprint density at radius 1 is 1.19 bits per heavy atom. The minimum Gasteiger partial charge on any atom is -0.465 e. The Labute approximate surface area is 127 Å². The first-order valence-corrected chi connectivity index (χ1v) is 7.30. The molecule has 110 valence electrons. The lowest BCUT2D eigenvalue weighted by Crippen LogP contribution is -2.36. The van der Waals surface area contributed by atoms with Crippen molar-refractivity contribution < 1.29 is 9.90 Å². The topological polar surface area (TPSA) is 58.4 Å². The molecule has 1 aliphatic heterocycles. The number of carboxylic acid groups (broad SMARTS) is 1. The Bertz CT molecular complexity index is 631. The lowest BCUT2D eigenvalue weighted by atomic mass is 9.94. The van der Waals surface area contributed by atoms with E-state index in [1.807, 2.05) is 41.2 Å². The Kier molecular flexibility index (Phi) is 3.84. The molecule has 1 aromatic carbocycles. The highest BCUT2D eigenvalue weighted by atomic mass is 35.5. The van der Waals surface area contributed by atoms with Crippen molar-refractivity contribution in [1.29, 1.82) is 0 Å². The Morgan fingerprint density at radius 2 is 1.86 bits per heavy atom. The molecule has 2 heterocycles. The van der Waals surface area contributed by atoms with E-state index >= 15 is 0 Å². The van der Waals surface area contributed by atoms with Gasteiger partial charge >= 0.3 is 6.09 Å². The van der Waals surface area contributed by atoms with Crippen LogP contribution in [0.15, 0.2) is 36.5 Å². The maximum Gasteiger partial charge on any atom is 0.407 e. The number of likely N-dealkylation sites (tertiary alicyclic amines) is 1. The van der Waals surface area contributed by atoms with E-state index in [0.717, 1.165) is 24.2 Å². The number of hydrogen-bond donors (Lipinski definition) is 1. The zero-order chi connectivity index (χ0) is 14.8. The number of rotatable bonds is 2. The molecule has 0 unspecified atom stereocenters. The normalized spacial score (nSPS) is 16.1. The van der Waals surface area contributed by atoms with Gasteiger partial charge in [0.15, 0.2) is 0 Å². The minimum absolute atomic E-state index is 0.328. The zero-order valence-electron chi connectivity index (χ0n) is 11.4. The number of nitrogens with zero attached hydrogens (tertiary/aromatic N) is 3. The second-order valence-electron chi connectivity index (χ2n) is 5.21. The van der Waals surface area contributed by atoms with Gasteiger partial charge in [0.1, 0.15) is 0 Å². The van der Waals surface area contributed by atoms with E-state index in [1.165, 1.54) is 4.90 Å². The first-order chi connectivity index (χ1) is 10.1. The molecule has 1 fully saturated rings. The van der Waals surface area contributed by atoms with Crippen LogP contribution in [0.1, 0.15) is 24.5 Å². The van der Waals surface area contributed by atoms with Crippen LogP contribution in [0.5, 0.6) is 0 Å². The smallest absolute Gasteiger partial charge is 0.407 e. The summed E-state index contributed by atoms with van der Waals surface area (Å²) in [6.07, 6.45) is 2.75. The second-order valence-corrected chi connectivity index (χ2v) is 5.64. The molecule has 2 aromatic rings. The van der Waals surface area contributed by atoms with Crippen LogP contribution < -0.4 is 0 Å². The monoisotopic (exact) mass is 305 g/mol. The maximum absolute atomic E-state index is 10.9. The molecule has 6 heteroatoms. The highest BCUT2D eigenvalue weighted by molar-refractivity contribution is 6.30. The van der Waals surface area contributed by atoms with Gasteiger partial charge in [-0.05, 0) is 43.2 Å². The highest BCUT2D eigenvalue weighted by Gasteiger charge is 2.24. The van der Waals surface area contributed by atoms with Crippen molar-refractivity contribution >= 4 is 17.7 Å². The van der Waals surface area contributed by atoms with Gasteiger partial charge < -0.3 is 10.0 Å². The summed E-state index contributed by atoms with van der Waals surface area (Å²) in [5, 5.41) is 14.3. The van der Waals surface area contributed by atoms with Crippen molar-refractivity contribution in [1.82, 2.24) is 14.7 Å². The molecule has 3 rings (SSSR count). The summed E-state index contributed by atoms with van der Waals surface area (Å²) in [6.45, 7) is 1.15. The summed E-state index contributed by atoms with van der Waals surface area (Å²) in [6, 6.07) is 9.53. The molecule has 0 saturated carbocycles. The van der Waals surface area contributed by atoms with Gasteiger partial charge in [0.05, 0.1) is 11.4 Å². The predicted molar refractivity (Wildman–Crippen MR) is 80.1 cm³/mol. The molecule has 1 aromatic heterocycles. The summed E-state index contributed by atoms with van der Waals surface area (Å²) in [4.78, 5) is 12.4. The lowest BCUT2D eigenvalue weighted by molar-refractivity contribution is 0.131. The van der Waals surface area contributed by atoms with Crippen LogP contribution in [0.25, 0.3) is 5.69 Å². The maximum atomic E-state index is 10.9. The molecule has 0 bridgehead atoms. The fourth-order valence-corrected chi connectivity index (χ4v) is 2.79. The van der Waals surface area contributed by atoms with Crippen molar-refractivity contribution in [3.8, 4) is 5.69 Å². The number of hydrogen-bond acceptors (Lipinski definition) is 2. The molecule has 0 radical (unpaired) electrons. The largest absolute Gasteiger partial charge is 0.465 e. The SMILES string of the molecule is O=C(O)N1CCC(c2ccn(-c3ccc(Cl)cc3)n2)CC1. The fraction of sp³-hybridized carbons (Fsp3) is 0.333. The molecule has 1 amide bonds. The zero-order valence-corrected chi connectivity index (χ0v) is 12.2. The van der Waals surface area contributed by atoms with Gasteiger partial charge in [-0.2, -0.15) is 5.10 Å². The van der Waals surface area contributed by atoms with Crippen LogP contribution in [-0.4, -0.2) is 39.0 Å². The summed E-state index contributed by atoms with van der Waals surface area (Å²) < 4.78 is 1.83. The van der Waals surface area contributed by atoms with Crippen LogP contribution in [0.4, 0.5) is 4.79 Å². The average Bonchev–Trinajstić information content (AvgIpc) is 2.98. The Balaban J connectivity index is 1.71. The number of piperidine rings is 1. The van der Waals surface area contributed by atoms with Crippen LogP contribution in [-0.2, 0) is 0 Å². The quantitative estimate of drug-likeness (QED) is 0.925. The fourth-order valence-electron chi connectivity index (χ4n) is 2.66. The molecule has 0 atom stereocenters. The van der Waals surface area contributed by atoms with E-state index in [4.69, 9.17) is 16.7 Å². The van der Waals surface area contributed by atoms with E-state index in [2.05, 4.69) is 5.10 Å². The Hall–Kier alpha value is -2.01.